The Balaban J connectivity index is 1.27. The first kappa shape index (κ1) is 30.2. The van der Waals surface area contributed by atoms with Gasteiger partial charge in [0.1, 0.15) is 0 Å². The van der Waals surface area contributed by atoms with Crippen LogP contribution in [0.2, 0.25) is 10.0 Å². The summed E-state index contributed by atoms with van der Waals surface area (Å²) in [5, 5.41) is 8.79. The summed E-state index contributed by atoms with van der Waals surface area (Å²) < 4.78 is 5.65. The molecule has 9 heteroatoms. The number of nitrogens with zero attached hydrogens (tertiary/aromatic N) is 2. The topological polar surface area (TPSA) is 82.3 Å². The highest BCUT2D eigenvalue weighted by molar-refractivity contribution is 6.39. The Bertz CT molecular complexity index is 1830. The molecule has 226 valence electrons. The molecule has 1 fully saturated rings. The van der Waals surface area contributed by atoms with Crippen LogP contribution >= 0.6 is 23.2 Å². The fourth-order valence-corrected chi connectivity index (χ4v) is 6.53. The van der Waals surface area contributed by atoms with E-state index in [1.54, 1.807) is 7.11 Å². The molecule has 3 N–H and O–H groups in total. The standard InChI is InChI=1S/C35H35Cl2N5O2/c1-42(2)20-23-18-39-31-16-21(10-13-25(23)31)26-6-4-7-27(33(26)36)28-8-5-9-29(34(28)37)30-14-11-22(35(41-30)44-3)17-38-19-24-12-15-32(43)40-24/h4-11,13-14,16,18,24,38-39H,12,15,17,19-20H2,1-3H3,(H,40,43)/t24-/m0/s1. The maximum absolute atomic E-state index is 11.5. The lowest BCUT2D eigenvalue weighted by molar-refractivity contribution is -0.119. The summed E-state index contributed by atoms with van der Waals surface area (Å²) in [6.07, 6.45) is 3.51. The molecule has 6 rings (SSSR count). The highest BCUT2D eigenvalue weighted by atomic mass is 35.5. The fraction of sp³-hybridized carbons (Fsp3) is 0.257. The van der Waals surface area contributed by atoms with Crippen LogP contribution in [0.15, 0.2) is 72.9 Å². The van der Waals surface area contributed by atoms with E-state index in [0.29, 0.717) is 41.1 Å². The third kappa shape index (κ3) is 6.19. The first-order valence-corrected chi connectivity index (χ1v) is 15.4. The number of hydrogen-bond acceptors (Lipinski definition) is 5. The van der Waals surface area contributed by atoms with E-state index in [9.17, 15) is 4.79 Å². The third-order valence-corrected chi connectivity index (χ3v) is 8.87. The molecule has 7 nitrogen and oxygen atoms in total. The van der Waals surface area contributed by atoms with Gasteiger partial charge in [0.05, 0.1) is 22.8 Å². The number of H-pyrrole nitrogens is 1. The molecule has 1 amide bonds. The van der Waals surface area contributed by atoms with Gasteiger partial charge >= 0.3 is 0 Å². The minimum absolute atomic E-state index is 0.111. The van der Waals surface area contributed by atoms with Gasteiger partial charge in [0, 0.05) is 77.0 Å². The van der Waals surface area contributed by atoms with Gasteiger partial charge in [0.15, 0.2) is 0 Å². The Kier molecular flexibility index (Phi) is 8.91. The van der Waals surface area contributed by atoms with E-state index in [4.69, 9.17) is 32.9 Å². The number of nitrogens with one attached hydrogen (secondary N) is 3. The van der Waals surface area contributed by atoms with Crippen molar-refractivity contribution in [2.24, 2.45) is 0 Å². The second kappa shape index (κ2) is 13.0. The number of ether oxygens (including phenoxy) is 1. The van der Waals surface area contributed by atoms with Crippen molar-refractivity contribution in [2.75, 3.05) is 27.7 Å². The van der Waals surface area contributed by atoms with Crippen molar-refractivity contribution >= 4 is 40.0 Å². The number of hydrogen-bond donors (Lipinski definition) is 3. The van der Waals surface area contributed by atoms with E-state index in [-0.39, 0.29) is 11.9 Å². The zero-order valence-corrected chi connectivity index (χ0v) is 26.5. The summed E-state index contributed by atoms with van der Waals surface area (Å²) >= 11 is 14.2. The molecule has 0 unspecified atom stereocenters. The molecule has 1 aliphatic heterocycles. The molecular weight excluding hydrogens is 593 g/mol. The highest BCUT2D eigenvalue weighted by Gasteiger charge is 2.21. The highest BCUT2D eigenvalue weighted by Crippen LogP contribution is 2.42. The first-order valence-electron chi connectivity index (χ1n) is 14.7. The SMILES string of the molecule is COc1nc(-c2cccc(-c3cccc(-c4ccc5c(CN(C)C)c[nH]c5c4)c3Cl)c2Cl)ccc1CNC[C@@H]1CCC(=O)N1. The molecule has 0 radical (unpaired) electrons. The molecule has 1 saturated heterocycles. The predicted molar refractivity (Wildman–Crippen MR) is 179 cm³/mol. The van der Waals surface area contributed by atoms with Gasteiger partial charge in [-0.2, -0.15) is 0 Å². The molecule has 0 spiro atoms. The Labute approximate surface area is 267 Å². The van der Waals surface area contributed by atoms with Gasteiger partial charge in [-0.3, -0.25) is 4.79 Å². The van der Waals surface area contributed by atoms with Crippen LogP contribution in [0.1, 0.15) is 24.0 Å². The number of rotatable bonds is 10. The van der Waals surface area contributed by atoms with Crippen LogP contribution in [-0.2, 0) is 17.9 Å². The minimum atomic E-state index is 0.111. The normalized spacial score (nSPS) is 14.9. The van der Waals surface area contributed by atoms with Gasteiger partial charge in [-0.25, -0.2) is 4.98 Å². The van der Waals surface area contributed by atoms with Crippen LogP contribution in [-0.4, -0.2) is 54.6 Å². The zero-order chi connectivity index (χ0) is 30.8. The molecule has 3 heterocycles. The lowest BCUT2D eigenvalue weighted by Crippen LogP contribution is -2.35. The number of aromatic nitrogens is 2. The number of aromatic amines is 1. The number of pyridine rings is 1. The summed E-state index contributed by atoms with van der Waals surface area (Å²) in [4.78, 5) is 21.9. The van der Waals surface area contributed by atoms with E-state index in [0.717, 1.165) is 51.9 Å². The average molecular weight is 629 g/mol. The molecule has 1 aliphatic rings. The van der Waals surface area contributed by atoms with Crippen LogP contribution in [0.5, 0.6) is 5.88 Å². The monoisotopic (exact) mass is 627 g/mol. The number of fused-ring (bicyclic) bond motifs is 1. The van der Waals surface area contributed by atoms with Crippen LogP contribution in [0.25, 0.3) is 44.4 Å². The Morgan fingerprint density at radius 2 is 1.68 bits per heavy atom. The third-order valence-electron chi connectivity index (χ3n) is 8.05. The fourth-order valence-electron chi connectivity index (χ4n) is 5.87. The lowest BCUT2D eigenvalue weighted by atomic mass is 9.96. The van der Waals surface area contributed by atoms with E-state index in [1.807, 2.05) is 48.5 Å². The number of benzene rings is 3. The van der Waals surface area contributed by atoms with Gasteiger partial charge < -0.3 is 25.3 Å². The number of amides is 1. The number of carbonyl (C=O) groups is 1. The number of methoxy groups -OCH3 is 1. The first-order chi connectivity index (χ1) is 21.3. The molecule has 5 aromatic rings. The van der Waals surface area contributed by atoms with E-state index < -0.39 is 0 Å². The molecular formula is C35H35Cl2N5O2. The van der Waals surface area contributed by atoms with E-state index in [2.05, 4.69) is 59.0 Å². The Hall–Kier alpha value is -3.88. The maximum Gasteiger partial charge on any atom is 0.220 e. The molecule has 44 heavy (non-hydrogen) atoms. The van der Waals surface area contributed by atoms with Crippen molar-refractivity contribution in [3.63, 3.8) is 0 Å². The predicted octanol–water partition coefficient (Wildman–Crippen LogP) is 7.31. The van der Waals surface area contributed by atoms with Gasteiger partial charge in [-0.1, -0.05) is 77.8 Å². The average Bonchev–Trinajstić information content (AvgIpc) is 3.62. The van der Waals surface area contributed by atoms with Crippen molar-refractivity contribution in [3.8, 4) is 39.4 Å². The summed E-state index contributed by atoms with van der Waals surface area (Å²) in [6.45, 7) is 2.14. The second-order valence-electron chi connectivity index (χ2n) is 11.4. The largest absolute Gasteiger partial charge is 0.481 e. The Morgan fingerprint density at radius 1 is 0.955 bits per heavy atom. The van der Waals surface area contributed by atoms with Crippen LogP contribution in [0.4, 0.5) is 0 Å². The summed E-state index contributed by atoms with van der Waals surface area (Å²) in [5.41, 5.74) is 8.40. The molecule has 0 bridgehead atoms. The molecule has 0 saturated carbocycles. The molecule has 1 atom stereocenters. The van der Waals surface area contributed by atoms with Crippen molar-refractivity contribution in [1.29, 1.82) is 0 Å². The smallest absolute Gasteiger partial charge is 0.220 e. The van der Waals surface area contributed by atoms with Crippen LogP contribution in [0.3, 0.4) is 0 Å². The minimum Gasteiger partial charge on any atom is -0.481 e. The van der Waals surface area contributed by atoms with Crippen molar-refractivity contribution in [3.05, 3.63) is 94.1 Å². The number of carbonyl (C=O) groups excluding carboxylic acids is 1. The van der Waals surface area contributed by atoms with Crippen LogP contribution in [0, 0.1) is 0 Å². The second-order valence-corrected chi connectivity index (χ2v) is 12.2. The molecule has 0 aliphatic carbocycles. The van der Waals surface area contributed by atoms with E-state index in [1.165, 1.54) is 10.9 Å². The maximum atomic E-state index is 11.5. The lowest BCUT2D eigenvalue weighted by Gasteiger charge is -2.16. The van der Waals surface area contributed by atoms with Crippen molar-refractivity contribution in [1.82, 2.24) is 25.5 Å². The quantitative estimate of drug-likeness (QED) is 0.151. The van der Waals surface area contributed by atoms with E-state index >= 15 is 0 Å². The van der Waals surface area contributed by atoms with Gasteiger partial charge in [0.25, 0.3) is 0 Å². The van der Waals surface area contributed by atoms with Crippen LogP contribution < -0.4 is 15.4 Å². The van der Waals surface area contributed by atoms with Crippen molar-refractivity contribution < 1.29 is 9.53 Å². The summed E-state index contributed by atoms with van der Waals surface area (Å²) in [5.74, 6) is 0.639. The molecule has 2 aromatic heterocycles. The van der Waals surface area contributed by atoms with Gasteiger partial charge in [0.2, 0.25) is 11.8 Å². The van der Waals surface area contributed by atoms with Crippen molar-refractivity contribution in [2.45, 2.75) is 32.0 Å². The van der Waals surface area contributed by atoms with Gasteiger partial charge in [-0.15, -0.1) is 0 Å². The summed E-state index contributed by atoms with van der Waals surface area (Å²) in [6, 6.07) is 22.5. The molecule has 3 aromatic carbocycles. The zero-order valence-electron chi connectivity index (χ0n) is 25.0. The summed E-state index contributed by atoms with van der Waals surface area (Å²) in [7, 11) is 5.75. The number of halogens is 2. The Morgan fingerprint density at radius 3 is 2.39 bits per heavy atom. The van der Waals surface area contributed by atoms with Gasteiger partial charge in [-0.05, 0) is 43.8 Å².